The Bertz CT molecular complexity index is 514. The highest BCUT2D eigenvalue weighted by molar-refractivity contribution is 5.90. The van der Waals surface area contributed by atoms with Gasteiger partial charge >= 0.3 is 5.97 Å². The molecule has 0 aromatic carbocycles. The van der Waals surface area contributed by atoms with E-state index in [0.29, 0.717) is 24.2 Å². The van der Waals surface area contributed by atoms with Crippen molar-refractivity contribution < 1.29 is 14.6 Å². The highest BCUT2D eigenvalue weighted by atomic mass is 16.5. The van der Waals surface area contributed by atoms with E-state index < -0.39 is 6.10 Å². The molecule has 2 bridgehead atoms. The van der Waals surface area contributed by atoms with Crippen molar-refractivity contribution in [2.24, 2.45) is 17.8 Å². The fraction of sp³-hybridized carbons (Fsp3) is 0.824. The number of ether oxygens (including phenoxy) is 1. The number of esters is 1. The molecule has 1 N–H and O–H groups in total. The summed E-state index contributed by atoms with van der Waals surface area (Å²) in [5.41, 5.74) is 2.05. The Morgan fingerprint density at radius 1 is 1.43 bits per heavy atom. The number of fused-ring (bicyclic) bond motifs is 1. The summed E-state index contributed by atoms with van der Waals surface area (Å²) in [6, 6.07) is 0. The van der Waals surface area contributed by atoms with Gasteiger partial charge in [-0.05, 0) is 49.6 Å². The molecule has 0 aromatic heterocycles. The number of aliphatic hydroxyl groups excluding tert-OH is 1. The highest BCUT2D eigenvalue weighted by Gasteiger charge is 2.61. The lowest BCUT2D eigenvalue weighted by Gasteiger charge is -2.66. The molecule has 4 heteroatoms. The summed E-state index contributed by atoms with van der Waals surface area (Å²) in [5, 5.41) is 10.7. The fourth-order valence-corrected chi connectivity index (χ4v) is 5.77. The van der Waals surface area contributed by atoms with E-state index in [0.717, 1.165) is 37.9 Å². The molecule has 5 rings (SSSR count). The lowest BCUT2D eigenvalue weighted by atomic mass is 9.51. The van der Waals surface area contributed by atoms with Crippen LogP contribution in [0.4, 0.5) is 0 Å². The topological polar surface area (TPSA) is 49.8 Å². The Labute approximate surface area is 126 Å². The van der Waals surface area contributed by atoms with Gasteiger partial charge in [-0.2, -0.15) is 0 Å². The predicted molar refractivity (Wildman–Crippen MR) is 78.6 cm³/mol. The minimum atomic E-state index is -0.396. The summed E-state index contributed by atoms with van der Waals surface area (Å²) in [6.07, 6.45) is 4.50. The number of aliphatic hydroxyl groups is 1. The van der Waals surface area contributed by atoms with E-state index in [4.69, 9.17) is 4.74 Å². The largest absolute Gasteiger partial charge is 0.466 e. The molecule has 0 radical (unpaired) electrons. The third-order valence-corrected chi connectivity index (χ3v) is 6.68. The maximum absolute atomic E-state index is 12.2. The SMILES string of the molecule is COC(=O)C1=C2C[C@@H]3CN4CCC[C@H]([C@@H](O)C1)[C@]24C[C@H]3C. The molecule has 4 fully saturated rings. The Kier molecular flexibility index (Phi) is 2.99. The van der Waals surface area contributed by atoms with Gasteiger partial charge in [-0.3, -0.25) is 4.90 Å². The van der Waals surface area contributed by atoms with Crippen LogP contribution < -0.4 is 0 Å². The molecule has 1 spiro atoms. The zero-order valence-electron chi connectivity index (χ0n) is 13.0. The van der Waals surface area contributed by atoms with Gasteiger partial charge in [-0.1, -0.05) is 6.92 Å². The Balaban J connectivity index is 1.89. The second-order valence-electron chi connectivity index (χ2n) is 7.48. The summed E-state index contributed by atoms with van der Waals surface area (Å²) in [7, 11) is 1.45. The van der Waals surface area contributed by atoms with E-state index in [9.17, 15) is 9.90 Å². The lowest BCUT2D eigenvalue weighted by Crippen LogP contribution is -2.70. The lowest BCUT2D eigenvalue weighted by molar-refractivity contribution is -0.142. The first-order valence-corrected chi connectivity index (χ1v) is 8.32. The number of nitrogens with zero attached hydrogens (tertiary/aromatic N) is 1. The zero-order valence-corrected chi connectivity index (χ0v) is 13.0. The average molecular weight is 291 g/mol. The van der Waals surface area contributed by atoms with Gasteiger partial charge in [0.15, 0.2) is 0 Å². The molecular formula is C17H25NO3. The molecule has 5 aliphatic rings. The number of rotatable bonds is 1. The molecule has 116 valence electrons. The van der Waals surface area contributed by atoms with Crippen molar-refractivity contribution in [3.63, 3.8) is 0 Å². The summed E-state index contributed by atoms with van der Waals surface area (Å²) in [5.74, 6) is 1.44. The number of carbonyl (C=O) groups is 1. The molecule has 3 aliphatic heterocycles. The molecule has 4 nitrogen and oxygen atoms in total. The van der Waals surface area contributed by atoms with Crippen molar-refractivity contribution in [1.82, 2.24) is 4.90 Å². The summed E-state index contributed by atoms with van der Waals surface area (Å²) >= 11 is 0. The molecule has 2 aliphatic carbocycles. The third kappa shape index (κ3) is 1.66. The van der Waals surface area contributed by atoms with Crippen molar-refractivity contribution in [3.8, 4) is 0 Å². The predicted octanol–water partition coefficient (Wildman–Crippen LogP) is 1.73. The van der Waals surface area contributed by atoms with E-state index in [1.807, 2.05) is 0 Å². The van der Waals surface area contributed by atoms with Gasteiger partial charge in [0.2, 0.25) is 0 Å². The van der Waals surface area contributed by atoms with Gasteiger partial charge < -0.3 is 9.84 Å². The van der Waals surface area contributed by atoms with Gasteiger partial charge in [0, 0.05) is 30.0 Å². The number of piperidine rings is 3. The smallest absolute Gasteiger partial charge is 0.333 e. The van der Waals surface area contributed by atoms with Crippen molar-refractivity contribution >= 4 is 5.97 Å². The van der Waals surface area contributed by atoms with Crippen LogP contribution in [0.3, 0.4) is 0 Å². The number of methoxy groups -OCH3 is 1. The molecule has 21 heavy (non-hydrogen) atoms. The van der Waals surface area contributed by atoms with E-state index in [1.54, 1.807) is 0 Å². The van der Waals surface area contributed by atoms with Gasteiger partial charge in [0.05, 0.1) is 13.2 Å². The molecule has 5 atom stereocenters. The number of hydrogen-bond acceptors (Lipinski definition) is 4. The molecule has 1 saturated carbocycles. The van der Waals surface area contributed by atoms with E-state index >= 15 is 0 Å². The quantitative estimate of drug-likeness (QED) is 0.748. The normalized spacial score (nSPS) is 45.5. The van der Waals surface area contributed by atoms with Crippen molar-refractivity contribution in [2.45, 2.75) is 50.7 Å². The summed E-state index contributed by atoms with van der Waals surface area (Å²) in [6.45, 7) is 4.60. The molecule has 0 unspecified atom stereocenters. The minimum Gasteiger partial charge on any atom is -0.466 e. The first-order valence-electron chi connectivity index (χ1n) is 8.32. The van der Waals surface area contributed by atoms with Crippen LogP contribution in [0.5, 0.6) is 0 Å². The maximum Gasteiger partial charge on any atom is 0.333 e. The van der Waals surface area contributed by atoms with Crippen LogP contribution >= 0.6 is 0 Å². The van der Waals surface area contributed by atoms with Crippen molar-refractivity contribution in [2.75, 3.05) is 20.2 Å². The van der Waals surface area contributed by atoms with Gasteiger partial charge in [-0.15, -0.1) is 0 Å². The maximum atomic E-state index is 12.2. The van der Waals surface area contributed by atoms with Gasteiger partial charge in [0.25, 0.3) is 0 Å². The Hall–Kier alpha value is -0.870. The Morgan fingerprint density at radius 3 is 3.00 bits per heavy atom. The minimum absolute atomic E-state index is 0.0480. The van der Waals surface area contributed by atoms with Crippen LogP contribution in [0.25, 0.3) is 0 Å². The molecule has 0 amide bonds. The summed E-state index contributed by atoms with van der Waals surface area (Å²) < 4.78 is 5.01. The first kappa shape index (κ1) is 13.8. The van der Waals surface area contributed by atoms with Gasteiger partial charge in [0.1, 0.15) is 0 Å². The van der Waals surface area contributed by atoms with Crippen molar-refractivity contribution in [3.05, 3.63) is 11.1 Å². The molecular weight excluding hydrogens is 266 g/mol. The zero-order chi connectivity index (χ0) is 14.8. The standard InChI is InChI=1S/C17H25NO3/c1-10-8-17-13-4-3-5-18(17)9-11(10)6-14(17)12(7-15(13)19)16(20)21-2/h10-11,13,15,19H,3-9H2,1-2H3/t10-,11-,13-,15+,17-/m1/s1. The van der Waals surface area contributed by atoms with Crippen LogP contribution in [-0.2, 0) is 9.53 Å². The van der Waals surface area contributed by atoms with E-state index in [2.05, 4.69) is 11.8 Å². The average Bonchev–Trinajstić information content (AvgIpc) is 2.49. The van der Waals surface area contributed by atoms with Crippen LogP contribution in [0.15, 0.2) is 11.1 Å². The second kappa shape index (κ2) is 4.56. The Morgan fingerprint density at radius 2 is 2.24 bits per heavy atom. The highest BCUT2D eigenvalue weighted by Crippen LogP contribution is 2.59. The fourth-order valence-electron chi connectivity index (χ4n) is 5.77. The second-order valence-corrected chi connectivity index (χ2v) is 7.48. The first-order chi connectivity index (χ1) is 10.1. The van der Waals surface area contributed by atoms with Crippen LogP contribution in [0, 0.1) is 17.8 Å². The van der Waals surface area contributed by atoms with E-state index in [-0.39, 0.29) is 11.5 Å². The molecule has 3 saturated heterocycles. The van der Waals surface area contributed by atoms with Crippen LogP contribution in [-0.4, -0.2) is 47.8 Å². The van der Waals surface area contributed by atoms with Crippen molar-refractivity contribution in [1.29, 1.82) is 0 Å². The summed E-state index contributed by atoms with van der Waals surface area (Å²) in [4.78, 5) is 14.8. The molecule has 3 heterocycles. The van der Waals surface area contributed by atoms with Crippen LogP contribution in [0.2, 0.25) is 0 Å². The van der Waals surface area contributed by atoms with Crippen LogP contribution in [0.1, 0.15) is 39.0 Å². The van der Waals surface area contributed by atoms with E-state index in [1.165, 1.54) is 19.1 Å². The van der Waals surface area contributed by atoms with Gasteiger partial charge in [-0.25, -0.2) is 4.79 Å². The number of carbonyl (C=O) groups excluding carboxylic acids is 1. The monoisotopic (exact) mass is 291 g/mol. The number of hydrogen-bond donors (Lipinski definition) is 1. The molecule has 0 aromatic rings. The third-order valence-electron chi connectivity index (χ3n) is 6.68.